The van der Waals surface area contributed by atoms with Crippen LogP contribution in [0.1, 0.15) is 43.6 Å². The van der Waals surface area contributed by atoms with Crippen LogP contribution >= 0.6 is 12.0 Å². The second kappa shape index (κ2) is 8.88. The first-order valence-corrected chi connectivity index (χ1v) is 10.5. The molecule has 1 aromatic rings. The predicted molar refractivity (Wildman–Crippen MR) is 89.4 cm³/mol. The molecule has 1 fully saturated rings. The molecule has 166 valence electrons. The predicted octanol–water partition coefficient (Wildman–Crippen LogP) is 4.17. The normalized spacial score (nSPS) is 17.3. The summed E-state index contributed by atoms with van der Waals surface area (Å²) in [5.41, 5.74) is 0.317. The standard InChI is InChI=1S/C15H17F6NO5S2/c16-13(17,14(18,19)28-27-26-23)15(20,21)29(24,25)22-12-8-6-11(7-9-12)10-4-2-1-3-5-10/h6-10,22-23H,1-5H2/p-1. The zero-order chi connectivity index (χ0) is 21.9. The first kappa shape index (κ1) is 24.1. The third-order valence-corrected chi connectivity index (χ3v) is 6.50. The number of alkyl halides is 6. The lowest BCUT2D eigenvalue weighted by molar-refractivity contribution is -0.777. The van der Waals surface area contributed by atoms with Crippen molar-refractivity contribution in [3.8, 4) is 0 Å². The summed E-state index contributed by atoms with van der Waals surface area (Å²) in [4.78, 5) is 0. The molecule has 0 unspecified atom stereocenters. The second-order valence-corrected chi connectivity index (χ2v) is 8.93. The van der Waals surface area contributed by atoms with E-state index in [0.717, 1.165) is 49.8 Å². The number of nitrogens with one attached hydrogen (secondary N) is 1. The van der Waals surface area contributed by atoms with E-state index in [1.54, 1.807) is 0 Å². The highest BCUT2D eigenvalue weighted by Gasteiger charge is 2.78. The zero-order valence-electron chi connectivity index (χ0n) is 14.5. The Hall–Kier alpha value is -1.22. The van der Waals surface area contributed by atoms with Crippen molar-refractivity contribution in [2.24, 2.45) is 0 Å². The summed E-state index contributed by atoms with van der Waals surface area (Å²) in [6.07, 6.45) is 4.91. The number of sulfonamides is 1. The fraction of sp³-hybridized carbons (Fsp3) is 0.600. The van der Waals surface area contributed by atoms with E-state index in [1.807, 2.05) is 0 Å². The summed E-state index contributed by atoms with van der Waals surface area (Å²) in [7, 11) is -6.32. The van der Waals surface area contributed by atoms with E-state index in [1.165, 1.54) is 16.9 Å². The van der Waals surface area contributed by atoms with E-state index in [2.05, 4.69) is 9.37 Å². The Morgan fingerprint density at radius 2 is 1.55 bits per heavy atom. The minimum atomic E-state index is -6.45. The average molecular weight is 468 g/mol. The van der Waals surface area contributed by atoms with E-state index in [-0.39, 0.29) is 5.92 Å². The Balaban J connectivity index is 2.20. The van der Waals surface area contributed by atoms with Gasteiger partial charge in [-0.15, -0.1) is 0 Å². The third-order valence-electron chi connectivity index (χ3n) is 4.47. The number of rotatable bonds is 9. The van der Waals surface area contributed by atoms with Crippen LogP contribution in [0.4, 0.5) is 32.0 Å². The Kier molecular flexibility index (Phi) is 7.36. The second-order valence-electron chi connectivity index (χ2n) is 6.39. The maximum atomic E-state index is 13.9. The minimum Gasteiger partial charge on any atom is -0.691 e. The van der Waals surface area contributed by atoms with Gasteiger partial charge in [-0.25, -0.2) is 0 Å². The molecule has 0 atom stereocenters. The Labute approximate surface area is 166 Å². The monoisotopic (exact) mass is 468 g/mol. The van der Waals surface area contributed by atoms with Crippen LogP contribution in [-0.2, 0) is 19.4 Å². The summed E-state index contributed by atoms with van der Waals surface area (Å²) in [5, 5.41) is -0.153. The molecular weight excluding hydrogens is 452 g/mol. The molecule has 1 aromatic carbocycles. The Morgan fingerprint density at radius 1 is 1.00 bits per heavy atom. The molecule has 1 aliphatic carbocycles. The molecule has 2 rings (SSSR count). The molecular formula is C15H16F6NO5S2-. The first-order chi connectivity index (χ1) is 13.4. The van der Waals surface area contributed by atoms with Gasteiger partial charge in [0.15, 0.2) is 0 Å². The van der Waals surface area contributed by atoms with Crippen LogP contribution in [0.3, 0.4) is 0 Å². The molecule has 1 aliphatic rings. The summed E-state index contributed by atoms with van der Waals surface area (Å²) >= 11 is -1.74. The molecule has 1 N–H and O–H groups in total. The maximum Gasteiger partial charge on any atom is 0.432 e. The molecule has 6 nitrogen and oxygen atoms in total. The summed E-state index contributed by atoms with van der Waals surface area (Å²) in [5.74, 6) is -6.24. The van der Waals surface area contributed by atoms with Crippen molar-refractivity contribution < 1.29 is 49.4 Å². The lowest BCUT2D eigenvalue weighted by atomic mass is 9.84. The SMILES string of the molecule is O=S(=O)(Nc1ccc(C2CCCCC2)cc1)C(F)(F)C(F)(F)C(F)(F)SOO[O-]. The molecule has 0 spiro atoms. The number of anilines is 1. The molecule has 29 heavy (non-hydrogen) atoms. The number of hydrogen-bond acceptors (Lipinski definition) is 6. The minimum absolute atomic E-state index is 0.208. The van der Waals surface area contributed by atoms with Crippen molar-refractivity contribution in [2.45, 2.75) is 54.5 Å². The molecule has 0 bridgehead atoms. The van der Waals surface area contributed by atoms with Gasteiger partial charge in [0.2, 0.25) is 0 Å². The van der Waals surface area contributed by atoms with Crippen molar-refractivity contribution in [3.05, 3.63) is 29.8 Å². The first-order valence-electron chi connectivity index (χ1n) is 8.26. The maximum absolute atomic E-state index is 13.9. The molecule has 0 aliphatic heterocycles. The molecule has 0 aromatic heterocycles. The van der Waals surface area contributed by atoms with Crippen LogP contribution in [0.2, 0.25) is 0 Å². The van der Waals surface area contributed by atoms with Crippen molar-refractivity contribution in [3.63, 3.8) is 0 Å². The van der Waals surface area contributed by atoms with Gasteiger partial charge in [0.05, 0.1) is 0 Å². The van der Waals surface area contributed by atoms with Gasteiger partial charge in [-0.3, -0.25) is 9.76 Å². The highest BCUT2D eigenvalue weighted by molar-refractivity contribution is 7.96. The van der Waals surface area contributed by atoms with Gasteiger partial charge in [-0.05, 0) is 36.5 Å². The summed E-state index contributed by atoms with van der Waals surface area (Å²) < 4.78 is 109. The van der Waals surface area contributed by atoms with Crippen molar-refractivity contribution >= 4 is 27.8 Å². The number of hydrogen-bond donors (Lipinski definition) is 1. The smallest absolute Gasteiger partial charge is 0.432 e. The largest absolute Gasteiger partial charge is 0.691 e. The van der Waals surface area contributed by atoms with Gasteiger partial charge in [0, 0.05) is 5.69 Å². The van der Waals surface area contributed by atoms with Crippen molar-refractivity contribution in [2.75, 3.05) is 4.72 Å². The van der Waals surface area contributed by atoms with E-state index >= 15 is 0 Å². The van der Waals surface area contributed by atoms with Crippen LogP contribution in [0.15, 0.2) is 24.3 Å². The van der Waals surface area contributed by atoms with Gasteiger partial charge in [-0.2, -0.15) is 39.1 Å². The van der Waals surface area contributed by atoms with E-state index in [0.29, 0.717) is 0 Å². The number of benzene rings is 1. The zero-order valence-corrected chi connectivity index (χ0v) is 16.2. The van der Waals surface area contributed by atoms with Gasteiger partial charge >= 0.3 is 26.5 Å². The third kappa shape index (κ3) is 4.93. The molecule has 0 heterocycles. The molecule has 1 saturated carbocycles. The fourth-order valence-electron chi connectivity index (χ4n) is 2.93. The Morgan fingerprint density at radius 3 is 2.07 bits per heavy atom. The van der Waals surface area contributed by atoms with Gasteiger partial charge in [-0.1, -0.05) is 31.4 Å². The van der Waals surface area contributed by atoms with Crippen LogP contribution in [0.5, 0.6) is 0 Å². The van der Waals surface area contributed by atoms with Crippen LogP contribution in [-0.4, -0.2) is 24.8 Å². The molecule has 0 radical (unpaired) electrons. The average Bonchev–Trinajstić information content (AvgIpc) is 2.67. The Bertz CT molecular complexity index is 785. The molecule has 0 saturated heterocycles. The van der Waals surface area contributed by atoms with Crippen LogP contribution in [0, 0.1) is 0 Å². The lowest BCUT2D eigenvalue weighted by Gasteiger charge is -2.31. The quantitative estimate of drug-likeness (QED) is 0.253. The highest BCUT2D eigenvalue weighted by Crippen LogP contribution is 2.53. The van der Waals surface area contributed by atoms with Gasteiger partial charge < -0.3 is 5.26 Å². The van der Waals surface area contributed by atoms with Crippen LogP contribution in [0.25, 0.3) is 0 Å². The highest BCUT2D eigenvalue weighted by atomic mass is 32.2. The van der Waals surface area contributed by atoms with Gasteiger partial charge in [0.1, 0.15) is 12.0 Å². The molecule has 0 amide bonds. The molecule has 14 heteroatoms. The van der Waals surface area contributed by atoms with E-state index < -0.39 is 44.2 Å². The summed E-state index contributed by atoms with van der Waals surface area (Å²) in [6, 6.07) is 5.07. The van der Waals surface area contributed by atoms with Crippen LogP contribution < -0.4 is 9.98 Å². The fourth-order valence-corrected chi connectivity index (χ4v) is 4.38. The van der Waals surface area contributed by atoms with E-state index in [9.17, 15) is 40.0 Å². The van der Waals surface area contributed by atoms with Crippen molar-refractivity contribution in [1.82, 2.24) is 0 Å². The van der Waals surface area contributed by atoms with Crippen molar-refractivity contribution in [1.29, 1.82) is 0 Å². The van der Waals surface area contributed by atoms with Gasteiger partial charge in [0.25, 0.3) is 0 Å². The lowest BCUT2D eigenvalue weighted by Crippen LogP contribution is -2.57. The summed E-state index contributed by atoms with van der Waals surface area (Å²) in [6.45, 7) is 0. The topological polar surface area (TPSA) is 87.7 Å². The number of halogens is 6. The van der Waals surface area contributed by atoms with E-state index in [4.69, 9.17) is 0 Å².